The van der Waals surface area contributed by atoms with Crippen LogP contribution in [0, 0.1) is 6.92 Å². The van der Waals surface area contributed by atoms with Crippen LogP contribution in [0.25, 0.3) is 0 Å². The highest BCUT2D eigenvalue weighted by Crippen LogP contribution is 2.30. The van der Waals surface area contributed by atoms with E-state index in [0.717, 1.165) is 11.3 Å². The molecule has 1 aromatic carbocycles. The molecular weight excluding hydrogens is 206 g/mol. The Kier molecular flexibility index (Phi) is 2.64. The Balaban J connectivity index is 2.19. The maximum Gasteiger partial charge on any atom is 0.305 e. The molecule has 1 aliphatic heterocycles. The first-order chi connectivity index (χ1) is 7.58. The van der Waals surface area contributed by atoms with Crippen molar-refractivity contribution in [3.05, 3.63) is 29.8 Å². The summed E-state index contributed by atoms with van der Waals surface area (Å²) < 4.78 is 0. The molecule has 4 nitrogen and oxygen atoms in total. The number of β-lactam (4-membered cyclic amide) rings is 1. The monoisotopic (exact) mass is 219 g/mol. The third-order valence-electron chi connectivity index (χ3n) is 2.73. The first-order valence-electron chi connectivity index (χ1n) is 5.18. The Morgan fingerprint density at radius 1 is 1.56 bits per heavy atom. The van der Waals surface area contributed by atoms with Crippen LogP contribution >= 0.6 is 0 Å². The maximum absolute atomic E-state index is 11.5. The summed E-state index contributed by atoms with van der Waals surface area (Å²) in [6.45, 7) is 1.94. The third kappa shape index (κ3) is 1.91. The fraction of sp³-hybridized carbons (Fsp3) is 0.333. The van der Waals surface area contributed by atoms with Gasteiger partial charge in [0, 0.05) is 12.1 Å². The largest absolute Gasteiger partial charge is 0.481 e. The van der Waals surface area contributed by atoms with Crippen LogP contribution < -0.4 is 4.90 Å². The highest BCUT2D eigenvalue weighted by atomic mass is 16.4. The normalized spacial score (nSPS) is 19.4. The quantitative estimate of drug-likeness (QED) is 0.785. The molecule has 4 heteroatoms. The van der Waals surface area contributed by atoms with Gasteiger partial charge < -0.3 is 10.0 Å². The van der Waals surface area contributed by atoms with Crippen molar-refractivity contribution < 1.29 is 14.7 Å². The minimum atomic E-state index is -0.866. The summed E-state index contributed by atoms with van der Waals surface area (Å²) in [7, 11) is 0. The lowest BCUT2D eigenvalue weighted by Gasteiger charge is -2.39. The molecule has 0 radical (unpaired) electrons. The number of nitrogens with zero attached hydrogens (tertiary/aromatic N) is 1. The number of carbonyl (C=O) groups excluding carboxylic acids is 1. The molecule has 1 amide bonds. The predicted molar refractivity (Wildman–Crippen MR) is 59.3 cm³/mol. The molecule has 0 saturated carbocycles. The van der Waals surface area contributed by atoms with Crippen molar-refractivity contribution in [1.82, 2.24) is 0 Å². The summed E-state index contributed by atoms with van der Waals surface area (Å²) >= 11 is 0. The number of hydrogen-bond donors (Lipinski definition) is 1. The SMILES string of the molecule is Cc1cccc(N2C(=O)CC2CC(=O)O)c1. The van der Waals surface area contributed by atoms with Crippen LogP contribution in [0.3, 0.4) is 0 Å². The van der Waals surface area contributed by atoms with Gasteiger partial charge in [-0.2, -0.15) is 0 Å². The van der Waals surface area contributed by atoms with Crippen molar-refractivity contribution in [2.45, 2.75) is 25.8 Å². The van der Waals surface area contributed by atoms with Gasteiger partial charge in [0.15, 0.2) is 0 Å². The number of aliphatic carboxylic acids is 1. The molecule has 1 aromatic rings. The van der Waals surface area contributed by atoms with Gasteiger partial charge in [-0.25, -0.2) is 0 Å². The Bertz CT molecular complexity index is 442. The van der Waals surface area contributed by atoms with Crippen molar-refractivity contribution in [2.75, 3.05) is 4.90 Å². The van der Waals surface area contributed by atoms with Gasteiger partial charge in [-0.15, -0.1) is 0 Å². The number of carboxylic acids is 1. The number of aryl methyl sites for hydroxylation is 1. The van der Waals surface area contributed by atoms with E-state index in [2.05, 4.69) is 0 Å². The van der Waals surface area contributed by atoms with Gasteiger partial charge >= 0.3 is 5.97 Å². The van der Waals surface area contributed by atoms with Crippen LogP contribution in [-0.2, 0) is 9.59 Å². The molecule has 1 N–H and O–H groups in total. The highest BCUT2D eigenvalue weighted by molar-refractivity contribution is 6.01. The van der Waals surface area contributed by atoms with Crippen molar-refractivity contribution in [3.8, 4) is 0 Å². The molecule has 1 atom stereocenters. The Labute approximate surface area is 93.5 Å². The molecule has 1 aliphatic rings. The summed E-state index contributed by atoms with van der Waals surface area (Å²) in [4.78, 5) is 23.7. The fourth-order valence-corrected chi connectivity index (χ4v) is 1.98. The summed E-state index contributed by atoms with van der Waals surface area (Å²) in [5.74, 6) is -0.869. The lowest BCUT2D eigenvalue weighted by molar-refractivity contribution is -0.138. The van der Waals surface area contributed by atoms with E-state index in [-0.39, 0.29) is 18.4 Å². The molecular formula is C12H13NO3. The van der Waals surface area contributed by atoms with Crippen molar-refractivity contribution >= 4 is 17.6 Å². The molecule has 1 saturated heterocycles. The van der Waals surface area contributed by atoms with Crippen LogP contribution in [0.2, 0.25) is 0 Å². The van der Waals surface area contributed by atoms with Gasteiger partial charge in [-0.3, -0.25) is 9.59 Å². The second-order valence-electron chi connectivity index (χ2n) is 4.06. The Morgan fingerprint density at radius 3 is 2.88 bits per heavy atom. The van der Waals surface area contributed by atoms with Gasteiger partial charge in [-0.1, -0.05) is 12.1 Å². The molecule has 1 fully saturated rings. The predicted octanol–water partition coefficient (Wildman–Crippen LogP) is 1.58. The van der Waals surface area contributed by atoms with Crippen molar-refractivity contribution in [3.63, 3.8) is 0 Å². The number of carbonyl (C=O) groups is 2. The molecule has 0 aromatic heterocycles. The Morgan fingerprint density at radius 2 is 2.31 bits per heavy atom. The number of amides is 1. The molecule has 84 valence electrons. The van der Waals surface area contributed by atoms with Crippen LogP contribution in [0.5, 0.6) is 0 Å². The van der Waals surface area contributed by atoms with Crippen molar-refractivity contribution in [2.24, 2.45) is 0 Å². The average molecular weight is 219 g/mol. The molecule has 0 spiro atoms. The van der Waals surface area contributed by atoms with E-state index < -0.39 is 5.97 Å². The second kappa shape index (κ2) is 3.96. The topological polar surface area (TPSA) is 57.6 Å². The smallest absolute Gasteiger partial charge is 0.305 e. The van der Waals surface area contributed by atoms with E-state index >= 15 is 0 Å². The van der Waals surface area contributed by atoms with E-state index in [1.807, 2.05) is 31.2 Å². The van der Waals surface area contributed by atoms with E-state index in [1.165, 1.54) is 0 Å². The Hall–Kier alpha value is -1.84. The van der Waals surface area contributed by atoms with Crippen molar-refractivity contribution in [1.29, 1.82) is 0 Å². The van der Waals surface area contributed by atoms with Crippen LogP contribution in [0.15, 0.2) is 24.3 Å². The standard InChI is InChI=1S/C12H13NO3/c1-8-3-2-4-9(5-8)13-10(6-11(13)14)7-12(15)16/h2-5,10H,6-7H2,1H3,(H,15,16). The van der Waals surface area contributed by atoms with Gasteiger partial charge in [0.25, 0.3) is 0 Å². The molecule has 16 heavy (non-hydrogen) atoms. The van der Waals surface area contributed by atoms with Crippen LogP contribution in [0.4, 0.5) is 5.69 Å². The minimum Gasteiger partial charge on any atom is -0.481 e. The summed E-state index contributed by atoms with van der Waals surface area (Å²) in [6, 6.07) is 7.35. The van der Waals surface area contributed by atoms with E-state index in [4.69, 9.17) is 5.11 Å². The molecule has 0 bridgehead atoms. The maximum atomic E-state index is 11.5. The van der Waals surface area contributed by atoms with Gasteiger partial charge in [0.1, 0.15) is 0 Å². The summed E-state index contributed by atoms with van der Waals surface area (Å²) in [6.07, 6.45) is 0.347. The number of carboxylic acid groups (broad SMARTS) is 1. The van der Waals surface area contributed by atoms with Gasteiger partial charge in [-0.05, 0) is 24.6 Å². The fourth-order valence-electron chi connectivity index (χ4n) is 1.98. The summed E-state index contributed by atoms with van der Waals surface area (Å²) in [5, 5.41) is 8.72. The lowest BCUT2D eigenvalue weighted by atomic mass is 9.97. The molecule has 1 unspecified atom stereocenters. The van der Waals surface area contributed by atoms with E-state index in [9.17, 15) is 9.59 Å². The first-order valence-corrected chi connectivity index (χ1v) is 5.18. The number of anilines is 1. The summed E-state index contributed by atoms with van der Waals surface area (Å²) in [5.41, 5.74) is 1.86. The van der Waals surface area contributed by atoms with Crippen LogP contribution in [-0.4, -0.2) is 23.0 Å². The second-order valence-corrected chi connectivity index (χ2v) is 4.06. The van der Waals surface area contributed by atoms with Gasteiger partial charge in [0.2, 0.25) is 5.91 Å². The zero-order valence-electron chi connectivity index (χ0n) is 9.01. The zero-order valence-corrected chi connectivity index (χ0v) is 9.01. The number of benzene rings is 1. The average Bonchev–Trinajstić information content (AvgIpc) is 2.15. The molecule has 1 heterocycles. The van der Waals surface area contributed by atoms with Crippen LogP contribution in [0.1, 0.15) is 18.4 Å². The zero-order chi connectivity index (χ0) is 11.7. The third-order valence-corrected chi connectivity index (χ3v) is 2.73. The number of hydrogen-bond acceptors (Lipinski definition) is 2. The van der Waals surface area contributed by atoms with E-state index in [1.54, 1.807) is 4.90 Å². The highest BCUT2D eigenvalue weighted by Gasteiger charge is 2.38. The van der Waals surface area contributed by atoms with E-state index in [0.29, 0.717) is 6.42 Å². The molecule has 0 aliphatic carbocycles. The molecule has 2 rings (SSSR count). The minimum absolute atomic E-state index is 0.00292. The lowest BCUT2D eigenvalue weighted by Crippen LogP contribution is -2.53. The number of rotatable bonds is 3. The first kappa shape index (κ1) is 10.7. The van der Waals surface area contributed by atoms with Gasteiger partial charge in [0.05, 0.1) is 12.5 Å².